The van der Waals surface area contributed by atoms with Crippen molar-refractivity contribution < 1.29 is 18.0 Å². The number of fused-ring (bicyclic) bond motifs is 1. The van der Waals surface area contributed by atoms with Gasteiger partial charge in [0.15, 0.2) is 0 Å². The molecular formula is C23H24ClF3N2O. The van der Waals surface area contributed by atoms with Gasteiger partial charge >= 0.3 is 6.18 Å². The average Bonchev–Trinajstić information content (AvgIpc) is 3.22. The predicted molar refractivity (Wildman–Crippen MR) is 110 cm³/mol. The highest BCUT2D eigenvalue weighted by Crippen LogP contribution is 2.35. The zero-order valence-corrected chi connectivity index (χ0v) is 17.3. The Morgan fingerprint density at radius 1 is 1.10 bits per heavy atom. The lowest BCUT2D eigenvalue weighted by atomic mass is 9.98. The molecule has 2 aromatic carbocycles. The van der Waals surface area contributed by atoms with Gasteiger partial charge in [-0.05, 0) is 48.1 Å². The van der Waals surface area contributed by atoms with E-state index < -0.39 is 11.7 Å². The first-order valence-electron chi connectivity index (χ1n) is 10.3. The molecule has 0 aliphatic carbocycles. The minimum Gasteiger partial charge on any atom is -0.341 e. The van der Waals surface area contributed by atoms with E-state index in [1.54, 1.807) is 6.07 Å². The van der Waals surface area contributed by atoms with E-state index in [1.807, 2.05) is 4.90 Å². The van der Waals surface area contributed by atoms with Crippen molar-refractivity contribution in [3.8, 4) is 0 Å². The van der Waals surface area contributed by atoms with Gasteiger partial charge in [-0.15, -0.1) is 0 Å². The highest BCUT2D eigenvalue weighted by molar-refractivity contribution is 6.31. The molecule has 1 amide bonds. The van der Waals surface area contributed by atoms with E-state index in [0.717, 1.165) is 32.0 Å². The van der Waals surface area contributed by atoms with Crippen LogP contribution in [0.2, 0.25) is 5.02 Å². The van der Waals surface area contributed by atoms with Gasteiger partial charge in [-0.1, -0.05) is 41.9 Å². The lowest BCUT2D eigenvalue weighted by molar-refractivity contribution is -0.137. The van der Waals surface area contributed by atoms with E-state index in [0.29, 0.717) is 24.7 Å². The van der Waals surface area contributed by atoms with Crippen LogP contribution >= 0.6 is 11.6 Å². The summed E-state index contributed by atoms with van der Waals surface area (Å²) in [5.41, 5.74) is 2.39. The smallest absolute Gasteiger partial charge is 0.341 e. The molecule has 160 valence electrons. The van der Waals surface area contributed by atoms with Gasteiger partial charge in [-0.3, -0.25) is 9.69 Å². The van der Waals surface area contributed by atoms with E-state index in [-0.39, 0.29) is 23.8 Å². The van der Waals surface area contributed by atoms with E-state index in [9.17, 15) is 18.0 Å². The Morgan fingerprint density at radius 2 is 1.87 bits per heavy atom. The molecule has 0 N–H and O–H groups in total. The van der Waals surface area contributed by atoms with Gasteiger partial charge in [0.1, 0.15) is 0 Å². The number of hydrogen-bond acceptors (Lipinski definition) is 2. The summed E-state index contributed by atoms with van der Waals surface area (Å²) in [7, 11) is 0. The number of carbonyl (C=O) groups is 1. The van der Waals surface area contributed by atoms with Crippen molar-refractivity contribution in [1.29, 1.82) is 0 Å². The topological polar surface area (TPSA) is 23.6 Å². The minimum absolute atomic E-state index is 0.00146. The van der Waals surface area contributed by atoms with E-state index in [4.69, 9.17) is 11.6 Å². The zero-order valence-electron chi connectivity index (χ0n) is 16.6. The molecule has 1 atom stereocenters. The Labute approximate surface area is 179 Å². The Bertz CT molecular complexity index is 931. The van der Waals surface area contributed by atoms with E-state index in [1.165, 1.54) is 17.2 Å². The molecule has 0 radical (unpaired) electrons. The fraction of sp³-hybridized carbons (Fsp3) is 0.435. The highest BCUT2D eigenvalue weighted by Gasteiger charge is 2.34. The Hall–Kier alpha value is -2.05. The molecule has 1 saturated heterocycles. The summed E-state index contributed by atoms with van der Waals surface area (Å²) in [4.78, 5) is 17.0. The van der Waals surface area contributed by atoms with Crippen molar-refractivity contribution in [3.63, 3.8) is 0 Å². The Morgan fingerprint density at radius 3 is 2.63 bits per heavy atom. The molecule has 2 aliphatic rings. The van der Waals surface area contributed by atoms with Crippen LogP contribution < -0.4 is 0 Å². The average molecular weight is 437 g/mol. The molecule has 0 saturated carbocycles. The molecule has 2 aromatic rings. The number of hydrogen-bond donors (Lipinski definition) is 0. The highest BCUT2D eigenvalue weighted by atomic mass is 35.5. The molecule has 7 heteroatoms. The van der Waals surface area contributed by atoms with Crippen molar-refractivity contribution in [3.05, 3.63) is 69.7 Å². The van der Waals surface area contributed by atoms with Crippen LogP contribution in [0.15, 0.2) is 42.5 Å². The standard InChI is InChI=1S/C23H24ClF3N2O/c24-21-7-5-16(13-20(21)23(25,26)27)6-8-22(30)29-12-10-19(15-29)28-11-9-17-3-1-2-4-18(17)14-28/h1-5,7,13,19H,6,8-12,14-15H2/t19-/m0/s1. The van der Waals surface area contributed by atoms with Crippen molar-refractivity contribution in [2.75, 3.05) is 19.6 Å². The molecular weight excluding hydrogens is 413 g/mol. The number of halogens is 4. The molecule has 2 heterocycles. The van der Waals surface area contributed by atoms with Crippen molar-refractivity contribution in [2.45, 2.75) is 44.4 Å². The molecule has 30 heavy (non-hydrogen) atoms. The lowest BCUT2D eigenvalue weighted by Crippen LogP contribution is -2.41. The monoisotopic (exact) mass is 436 g/mol. The van der Waals surface area contributed by atoms with Crippen molar-refractivity contribution in [1.82, 2.24) is 9.80 Å². The van der Waals surface area contributed by atoms with Gasteiger partial charge in [-0.25, -0.2) is 0 Å². The first kappa shape index (κ1) is 21.2. The third kappa shape index (κ3) is 4.65. The van der Waals surface area contributed by atoms with Crippen LogP contribution in [0.5, 0.6) is 0 Å². The molecule has 0 unspecified atom stereocenters. The van der Waals surface area contributed by atoms with Crippen LogP contribution in [0, 0.1) is 0 Å². The number of aryl methyl sites for hydroxylation is 1. The summed E-state index contributed by atoms with van der Waals surface area (Å²) in [5.74, 6) is -0.00146. The van der Waals surface area contributed by atoms with Crippen LogP contribution in [0.4, 0.5) is 13.2 Å². The Balaban J connectivity index is 1.32. The molecule has 3 nitrogen and oxygen atoms in total. The second-order valence-electron chi connectivity index (χ2n) is 8.08. The van der Waals surface area contributed by atoms with Gasteiger partial charge < -0.3 is 4.90 Å². The third-order valence-electron chi connectivity index (χ3n) is 6.16. The van der Waals surface area contributed by atoms with Crippen LogP contribution in [0.25, 0.3) is 0 Å². The maximum atomic E-state index is 13.0. The second kappa shape index (κ2) is 8.60. The van der Waals surface area contributed by atoms with Crippen LogP contribution in [0.1, 0.15) is 35.1 Å². The number of alkyl halides is 3. The van der Waals surface area contributed by atoms with Gasteiger partial charge in [0.05, 0.1) is 10.6 Å². The van der Waals surface area contributed by atoms with Crippen LogP contribution in [-0.4, -0.2) is 41.4 Å². The van der Waals surface area contributed by atoms with E-state index in [2.05, 4.69) is 29.2 Å². The van der Waals surface area contributed by atoms with Crippen molar-refractivity contribution >= 4 is 17.5 Å². The number of rotatable bonds is 4. The number of likely N-dealkylation sites (tertiary alicyclic amines) is 1. The maximum Gasteiger partial charge on any atom is 0.417 e. The molecule has 0 bridgehead atoms. The quantitative estimate of drug-likeness (QED) is 0.677. The van der Waals surface area contributed by atoms with Gasteiger partial charge in [0, 0.05) is 38.6 Å². The van der Waals surface area contributed by atoms with Gasteiger partial charge in [0.2, 0.25) is 5.91 Å². The Kier molecular flexibility index (Phi) is 6.07. The summed E-state index contributed by atoms with van der Waals surface area (Å²) in [6.07, 6.45) is -2.05. The molecule has 2 aliphatic heterocycles. The number of nitrogens with zero attached hydrogens (tertiary/aromatic N) is 2. The van der Waals surface area contributed by atoms with Crippen molar-refractivity contribution in [2.24, 2.45) is 0 Å². The van der Waals surface area contributed by atoms with Crippen LogP contribution in [0.3, 0.4) is 0 Å². The molecule has 4 rings (SSSR count). The lowest BCUT2D eigenvalue weighted by Gasteiger charge is -2.33. The number of carbonyl (C=O) groups excluding carboxylic acids is 1. The largest absolute Gasteiger partial charge is 0.417 e. The number of benzene rings is 2. The van der Waals surface area contributed by atoms with Gasteiger partial charge in [-0.2, -0.15) is 13.2 Å². The summed E-state index contributed by atoms with van der Waals surface area (Å²) in [5, 5.41) is -0.317. The molecule has 0 spiro atoms. The molecule has 1 fully saturated rings. The minimum atomic E-state index is -4.49. The normalized spacial score (nSPS) is 19.7. The summed E-state index contributed by atoms with van der Waals surface area (Å²) in [6, 6.07) is 12.7. The predicted octanol–water partition coefficient (Wildman–Crippen LogP) is 4.95. The SMILES string of the molecule is O=C(CCc1ccc(Cl)c(C(F)(F)F)c1)N1CC[C@H](N2CCc3ccccc3C2)C1. The van der Waals surface area contributed by atoms with Crippen LogP contribution in [-0.2, 0) is 30.4 Å². The first-order valence-corrected chi connectivity index (χ1v) is 10.6. The van der Waals surface area contributed by atoms with Gasteiger partial charge in [0.25, 0.3) is 0 Å². The maximum absolute atomic E-state index is 13.0. The first-order chi connectivity index (χ1) is 14.3. The molecule has 0 aromatic heterocycles. The summed E-state index contributed by atoms with van der Waals surface area (Å²) in [6.45, 7) is 3.30. The number of amides is 1. The second-order valence-corrected chi connectivity index (χ2v) is 8.49. The van der Waals surface area contributed by atoms with E-state index >= 15 is 0 Å². The fourth-order valence-corrected chi connectivity index (χ4v) is 4.67. The fourth-order valence-electron chi connectivity index (χ4n) is 4.45. The third-order valence-corrected chi connectivity index (χ3v) is 6.49. The summed E-state index contributed by atoms with van der Waals surface area (Å²) >= 11 is 5.67. The summed E-state index contributed by atoms with van der Waals surface area (Å²) < 4.78 is 39.1. The zero-order chi connectivity index (χ0) is 21.3.